The van der Waals surface area contributed by atoms with Crippen LogP contribution in [0.1, 0.15) is 31.3 Å². The van der Waals surface area contributed by atoms with Crippen molar-refractivity contribution in [2.24, 2.45) is 5.92 Å². The van der Waals surface area contributed by atoms with Crippen LogP contribution in [0.4, 0.5) is 6.01 Å². The molecule has 1 N–H and O–H groups in total. The van der Waals surface area contributed by atoms with Crippen molar-refractivity contribution < 1.29 is 13.9 Å². The fourth-order valence-electron chi connectivity index (χ4n) is 1.61. The normalized spacial score (nSPS) is 12.8. The molecule has 1 rings (SSSR count). The number of rotatable bonds is 7. The first kappa shape index (κ1) is 15.5. The van der Waals surface area contributed by atoms with E-state index in [-0.39, 0.29) is 11.7 Å². The average molecular weight is 269 g/mol. The van der Waals surface area contributed by atoms with Crippen molar-refractivity contribution in [2.75, 3.05) is 32.6 Å². The Morgan fingerprint density at radius 2 is 2.21 bits per heavy atom. The zero-order chi connectivity index (χ0) is 14.4. The third-order valence-corrected chi connectivity index (χ3v) is 2.66. The Balaban J connectivity index is 2.67. The van der Waals surface area contributed by atoms with Crippen molar-refractivity contribution in [1.29, 1.82) is 0 Å². The predicted octanol–water partition coefficient (Wildman–Crippen LogP) is 1.85. The SMILES string of the molecule is CCOC(=O)c1coc(NC(CN(C)C)C(C)C)n1. The van der Waals surface area contributed by atoms with Gasteiger partial charge in [0.05, 0.1) is 6.61 Å². The fraction of sp³-hybridized carbons (Fsp3) is 0.692. The van der Waals surface area contributed by atoms with Crippen LogP contribution in [0.2, 0.25) is 0 Å². The Morgan fingerprint density at radius 3 is 2.74 bits per heavy atom. The molecule has 0 aliphatic carbocycles. The van der Waals surface area contributed by atoms with Gasteiger partial charge in [-0.2, -0.15) is 4.98 Å². The van der Waals surface area contributed by atoms with E-state index in [1.807, 2.05) is 14.1 Å². The molecule has 6 nitrogen and oxygen atoms in total. The van der Waals surface area contributed by atoms with Gasteiger partial charge in [-0.3, -0.25) is 0 Å². The molecule has 0 amide bonds. The highest BCUT2D eigenvalue weighted by molar-refractivity contribution is 5.87. The monoisotopic (exact) mass is 269 g/mol. The second kappa shape index (κ2) is 7.13. The minimum atomic E-state index is -0.465. The summed E-state index contributed by atoms with van der Waals surface area (Å²) in [5.74, 6) is -0.0478. The number of nitrogens with zero attached hydrogens (tertiary/aromatic N) is 2. The molecule has 1 atom stereocenters. The van der Waals surface area contributed by atoms with Gasteiger partial charge < -0.3 is 19.4 Å². The van der Waals surface area contributed by atoms with Crippen LogP contribution in [0.5, 0.6) is 0 Å². The molecule has 1 aromatic rings. The second-order valence-corrected chi connectivity index (χ2v) is 5.02. The summed E-state index contributed by atoms with van der Waals surface area (Å²) in [6.45, 7) is 7.17. The van der Waals surface area contributed by atoms with E-state index < -0.39 is 5.97 Å². The molecule has 0 aliphatic heterocycles. The van der Waals surface area contributed by atoms with Crippen LogP contribution in [0.3, 0.4) is 0 Å². The van der Waals surface area contributed by atoms with Crippen LogP contribution >= 0.6 is 0 Å². The maximum Gasteiger partial charge on any atom is 0.360 e. The van der Waals surface area contributed by atoms with Crippen LogP contribution in [0.15, 0.2) is 10.7 Å². The largest absolute Gasteiger partial charge is 0.461 e. The zero-order valence-electron chi connectivity index (χ0n) is 12.3. The summed E-state index contributed by atoms with van der Waals surface area (Å²) in [7, 11) is 4.02. The van der Waals surface area contributed by atoms with Crippen molar-refractivity contribution >= 4 is 12.0 Å². The smallest absolute Gasteiger partial charge is 0.360 e. The van der Waals surface area contributed by atoms with E-state index in [9.17, 15) is 4.79 Å². The molecule has 0 saturated heterocycles. The molecule has 19 heavy (non-hydrogen) atoms. The highest BCUT2D eigenvalue weighted by Gasteiger charge is 2.18. The topological polar surface area (TPSA) is 67.6 Å². The van der Waals surface area contributed by atoms with Gasteiger partial charge >= 0.3 is 5.97 Å². The Morgan fingerprint density at radius 1 is 1.53 bits per heavy atom. The Hall–Kier alpha value is -1.56. The molecule has 1 heterocycles. The van der Waals surface area contributed by atoms with Crippen molar-refractivity contribution in [3.63, 3.8) is 0 Å². The highest BCUT2D eigenvalue weighted by Crippen LogP contribution is 2.14. The molecular weight excluding hydrogens is 246 g/mol. The number of esters is 1. The van der Waals surface area contributed by atoms with Gasteiger partial charge in [0.1, 0.15) is 6.26 Å². The Bertz CT molecular complexity index is 402. The van der Waals surface area contributed by atoms with Crippen molar-refractivity contribution in [2.45, 2.75) is 26.8 Å². The quantitative estimate of drug-likeness (QED) is 0.762. The number of aromatic nitrogens is 1. The molecule has 108 valence electrons. The first-order valence-corrected chi connectivity index (χ1v) is 6.48. The van der Waals surface area contributed by atoms with Crippen LogP contribution in [-0.2, 0) is 4.74 Å². The molecule has 1 aromatic heterocycles. The van der Waals surface area contributed by atoms with E-state index in [2.05, 4.69) is 29.0 Å². The van der Waals surface area contributed by atoms with Crippen molar-refractivity contribution in [1.82, 2.24) is 9.88 Å². The number of hydrogen-bond donors (Lipinski definition) is 1. The van der Waals surface area contributed by atoms with Gasteiger partial charge in [0, 0.05) is 12.6 Å². The number of carbonyl (C=O) groups excluding carboxylic acids is 1. The summed E-state index contributed by atoms with van der Waals surface area (Å²) in [6, 6.07) is 0.548. The Kier molecular flexibility index (Phi) is 5.82. The molecular formula is C13H23N3O3. The van der Waals surface area contributed by atoms with Gasteiger partial charge in [0.25, 0.3) is 6.01 Å². The molecule has 0 bridgehead atoms. The number of ether oxygens (including phenoxy) is 1. The van der Waals surface area contributed by atoms with E-state index >= 15 is 0 Å². The number of likely N-dealkylation sites (N-methyl/N-ethyl adjacent to an activating group) is 1. The molecule has 0 spiro atoms. The number of carbonyl (C=O) groups is 1. The lowest BCUT2D eigenvalue weighted by atomic mass is 10.0. The minimum Gasteiger partial charge on any atom is -0.461 e. The maximum atomic E-state index is 11.5. The lowest BCUT2D eigenvalue weighted by Crippen LogP contribution is -2.36. The number of nitrogens with one attached hydrogen (secondary N) is 1. The van der Waals surface area contributed by atoms with Gasteiger partial charge in [0.2, 0.25) is 0 Å². The summed E-state index contributed by atoms with van der Waals surface area (Å²) in [5.41, 5.74) is 0.191. The number of oxazole rings is 1. The zero-order valence-corrected chi connectivity index (χ0v) is 12.3. The van der Waals surface area contributed by atoms with E-state index in [0.29, 0.717) is 18.5 Å². The molecule has 6 heteroatoms. The molecule has 0 radical (unpaired) electrons. The van der Waals surface area contributed by atoms with E-state index in [1.165, 1.54) is 6.26 Å². The van der Waals surface area contributed by atoms with Gasteiger partial charge in [-0.05, 0) is 26.9 Å². The first-order chi connectivity index (χ1) is 8.93. The number of anilines is 1. The summed E-state index contributed by atoms with van der Waals surface area (Å²) >= 11 is 0. The van der Waals surface area contributed by atoms with Gasteiger partial charge in [-0.15, -0.1) is 0 Å². The summed E-state index contributed by atoms with van der Waals surface area (Å²) in [5, 5.41) is 3.20. The van der Waals surface area contributed by atoms with Crippen LogP contribution in [0.25, 0.3) is 0 Å². The van der Waals surface area contributed by atoms with E-state index in [1.54, 1.807) is 6.92 Å². The summed E-state index contributed by atoms with van der Waals surface area (Å²) < 4.78 is 10.1. The third kappa shape index (κ3) is 4.90. The summed E-state index contributed by atoms with van der Waals surface area (Å²) in [4.78, 5) is 17.7. The molecule has 0 aromatic carbocycles. The van der Waals surface area contributed by atoms with Crippen LogP contribution in [0, 0.1) is 5.92 Å². The Labute approximate surface area is 114 Å². The summed E-state index contributed by atoms with van der Waals surface area (Å²) in [6.07, 6.45) is 1.31. The highest BCUT2D eigenvalue weighted by atomic mass is 16.5. The number of hydrogen-bond acceptors (Lipinski definition) is 6. The maximum absolute atomic E-state index is 11.5. The van der Waals surface area contributed by atoms with Gasteiger partial charge in [-0.1, -0.05) is 13.8 Å². The van der Waals surface area contributed by atoms with Crippen molar-refractivity contribution in [3.8, 4) is 0 Å². The predicted molar refractivity (Wildman–Crippen MR) is 73.3 cm³/mol. The molecule has 0 fully saturated rings. The van der Waals surface area contributed by atoms with E-state index in [0.717, 1.165) is 6.54 Å². The molecule has 1 unspecified atom stereocenters. The average Bonchev–Trinajstić information content (AvgIpc) is 2.76. The minimum absolute atomic E-state index is 0.191. The molecule has 0 aliphatic rings. The van der Waals surface area contributed by atoms with Gasteiger partial charge in [-0.25, -0.2) is 4.79 Å². The second-order valence-electron chi connectivity index (χ2n) is 5.02. The van der Waals surface area contributed by atoms with Gasteiger partial charge in [0.15, 0.2) is 5.69 Å². The standard InChI is InChI=1S/C13H23N3O3/c1-6-18-12(17)11-8-19-13(15-11)14-10(9(2)3)7-16(4)5/h8-10H,6-7H2,1-5H3,(H,14,15). The van der Waals surface area contributed by atoms with E-state index in [4.69, 9.17) is 9.15 Å². The molecule has 0 saturated carbocycles. The van der Waals surface area contributed by atoms with Crippen LogP contribution in [-0.4, -0.2) is 49.1 Å². The lowest BCUT2D eigenvalue weighted by Gasteiger charge is -2.24. The van der Waals surface area contributed by atoms with Crippen LogP contribution < -0.4 is 5.32 Å². The van der Waals surface area contributed by atoms with Crippen molar-refractivity contribution in [3.05, 3.63) is 12.0 Å². The first-order valence-electron chi connectivity index (χ1n) is 6.48. The fourth-order valence-corrected chi connectivity index (χ4v) is 1.61. The third-order valence-electron chi connectivity index (χ3n) is 2.66. The lowest BCUT2D eigenvalue weighted by molar-refractivity contribution is 0.0519.